The number of rotatable bonds is 5. The van der Waals surface area contributed by atoms with Crippen LogP contribution in [0.15, 0.2) is 30.3 Å². The van der Waals surface area contributed by atoms with Gasteiger partial charge >= 0.3 is 5.97 Å². The standard InChI is InChI=1S/C17H25NO2/c1-4-12-18-13-11-17(14(18)3,20-16(19)5-2)15-9-7-6-8-10-15/h6-10,14H,4-5,11-13H2,1-3H3. The third kappa shape index (κ3) is 2.73. The molecule has 1 aromatic carbocycles. The highest BCUT2D eigenvalue weighted by Gasteiger charge is 2.48. The van der Waals surface area contributed by atoms with Crippen molar-refractivity contribution in [2.45, 2.75) is 51.7 Å². The van der Waals surface area contributed by atoms with Crippen LogP contribution in [0, 0.1) is 0 Å². The maximum atomic E-state index is 11.9. The summed E-state index contributed by atoms with van der Waals surface area (Å²) in [5.41, 5.74) is 0.636. The molecule has 1 heterocycles. The first-order valence-electron chi connectivity index (χ1n) is 7.65. The van der Waals surface area contributed by atoms with E-state index in [-0.39, 0.29) is 12.0 Å². The second kappa shape index (κ2) is 6.40. The zero-order valence-electron chi connectivity index (χ0n) is 12.8. The fourth-order valence-corrected chi connectivity index (χ4v) is 3.18. The first-order chi connectivity index (χ1) is 9.64. The maximum Gasteiger partial charge on any atom is 0.306 e. The van der Waals surface area contributed by atoms with Crippen LogP contribution in [-0.2, 0) is 15.1 Å². The van der Waals surface area contributed by atoms with E-state index in [0.29, 0.717) is 6.42 Å². The molecule has 0 aromatic heterocycles. The van der Waals surface area contributed by atoms with Crippen molar-refractivity contribution in [2.75, 3.05) is 13.1 Å². The lowest BCUT2D eigenvalue weighted by molar-refractivity contribution is -0.163. The predicted octanol–water partition coefficient (Wildman–Crippen LogP) is 3.34. The normalized spacial score (nSPS) is 26.6. The average Bonchev–Trinajstić information content (AvgIpc) is 2.79. The largest absolute Gasteiger partial charge is 0.452 e. The van der Waals surface area contributed by atoms with E-state index in [9.17, 15) is 4.79 Å². The molecule has 2 unspecified atom stereocenters. The van der Waals surface area contributed by atoms with Crippen LogP contribution >= 0.6 is 0 Å². The number of benzene rings is 1. The first kappa shape index (κ1) is 15.0. The minimum Gasteiger partial charge on any atom is -0.452 e. The Morgan fingerprint density at radius 3 is 2.65 bits per heavy atom. The lowest BCUT2D eigenvalue weighted by atomic mass is 9.86. The first-order valence-corrected chi connectivity index (χ1v) is 7.65. The molecule has 110 valence electrons. The van der Waals surface area contributed by atoms with Crippen molar-refractivity contribution in [3.8, 4) is 0 Å². The van der Waals surface area contributed by atoms with Crippen molar-refractivity contribution < 1.29 is 9.53 Å². The van der Waals surface area contributed by atoms with E-state index in [1.165, 1.54) is 0 Å². The Bertz CT molecular complexity index is 446. The molecule has 1 aliphatic heterocycles. The second-order valence-electron chi connectivity index (χ2n) is 5.55. The van der Waals surface area contributed by atoms with Gasteiger partial charge < -0.3 is 4.74 Å². The molecule has 3 heteroatoms. The van der Waals surface area contributed by atoms with Crippen molar-refractivity contribution in [3.63, 3.8) is 0 Å². The van der Waals surface area contributed by atoms with Gasteiger partial charge in [-0.2, -0.15) is 0 Å². The van der Waals surface area contributed by atoms with Crippen molar-refractivity contribution >= 4 is 5.97 Å². The zero-order chi connectivity index (χ0) is 14.6. The summed E-state index contributed by atoms with van der Waals surface area (Å²) in [6.45, 7) is 8.26. The Kier molecular flexibility index (Phi) is 4.81. The molecule has 0 amide bonds. The monoisotopic (exact) mass is 275 g/mol. The quantitative estimate of drug-likeness (QED) is 0.772. The third-order valence-electron chi connectivity index (χ3n) is 4.35. The molecule has 2 rings (SSSR count). The van der Waals surface area contributed by atoms with Crippen LogP contribution in [0.3, 0.4) is 0 Å². The van der Waals surface area contributed by atoms with E-state index >= 15 is 0 Å². The van der Waals surface area contributed by atoms with Gasteiger partial charge in [-0.25, -0.2) is 0 Å². The molecule has 2 atom stereocenters. The summed E-state index contributed by atoms with van der Waals surface area (Å²) in [7, 11) is 0. The molecule has 0 bridgehead atoms. The van der Waals surface area contributed by atoms with Gasteiger partial charge in [-0.3, -0.25) is 9.69 Å². The van der Waals surface area contributed by atoms with E-state index in [0.717, 1.165) is 31.5 Å². The molecule has 1 aliphatic rings. The summed E-state index contributed by atoms with van der Waals surface area (Å²) in [6.07, 6.45) is 2.43. The Morgan fingerprint density at radius 1 is 1.35 bits per heavy atom. The number of hydrogen-bond acceptors (Lipinski definition) is 3. The van der Waals surface area contributed by atoms with Gasteiger partial charge in [-0.05, 0) is 25.5 Å². The van der Waals surface area contributed by atoms with Crippen LogP contribution in [0.2, 0.25) is 0 Å². The second-order valence-corrected chi connectivity index (χ2v) is 5.55. The highest BCUT2D eigenvalue weighted by atomic mass is 16.6. The Balaban J connectivity index is 2.33. The fraction of sp³-hybridized carbons (Fsp3) is 0.588. The summed E-state index contributed by atoms with van der Waals surface area (Å²) >= 11 is 0. The molecular weight excluding hydrogens is 250 g/mol. The molecule has 1 aromatic rings. The van der Waals surface area contributed by atoms with Crippen LogP contribution in [0.4, 0.5) is 0 Å². The fourth-order valence-electron chi connectivity index (χ4n) is 3.18. The molecule has 1 fully saturated rings. The molecule has 0 N–H and O–H groups in total. The number of carbonyl (C=O) groups excluding carboxylic acids is 1. The van der Waals surface area contributed by atoms with Gasteiger partial charge in [0.1, 0.15) is 0 Å². The lowest BCUT2D eigenvalue weighted by Crippen LogP contribution is -2.44. The van der Waals surface area contributed by atoms with Crippen LogP contribution in [0.25, 0.3) is 0 Å². The number of hydrogen-bond donors (Lipinski definition) is 0. The maximum absolute atomic E-state index is 11.9. The van der Waals surface area contributed by atoms with Crippen molar-refractivity contribution in [3.05, 3.63) is 35.9 Å². The van der Waals surface area contributed by atoms with Gasteiger partial charge in [0.2, 0.25) is 0 Å². The predicted molar refractivity (Wildman–Crippen MR) is 80.4 cm³/mol. The van der Waals surface area contributed by atoms with Crippen molar-refractivity contribution in [1.82, 2.24) is 4.90 Å². The van der Waals surface area contributed by atoms with Gasteiger partial charge in [0.25, 0.3) is 0 Å². The van der Waals surface area contributed by atoms with Gasteiger partial charge in [0.05, 0.1) is 6.04 Å². The smallest absolute Gasteiger partial charge is 0.306 e. The van der Waals surface area contributed by atoms with Crippen molar-refractivity contribution in [2.24, 2.45) is 0 Å². The van der Waals surface area contributed by atoms with Crippen molar-refractivity contribution in [1.29, 1.82) is 0 Å². The Labute approximate surface area is 121 Å². The van der Waals surface area contributed by atoms with Crippen LogP contribution in [-0.4, -0.2) is 30.0 Å². The summed E-state index contributed by atoms with van der Waals surface area (Å²) in [6, 6.07) is 10.4. The molecular formula is C17H25NO2. The van der Waals surface area contributed by atoms with E-state index in [2.05, 4.69) is 30.9 Å². The highest BCUT2D eigenvalue weighted by Crippen LogP contribution is 2.41. The van der Waals surface area contributed by atoms with Crippen LogP contribution in [0.5, 0.6) is 0 Å². The number of esters is 1. The number of likely N-dealkylation sites (tertiary alicyclic amines) is 1. The Morgan fingerprint density at radius 2 is 2.05 bits per heavy atom. The summed E-state index contributed by atoms with van der Waals surface area (Å²) in [4.78, 5) is 14.3. The lowest BCUT2D eigenvalue weighted by Gasteiger charge is -2.36. The van der Waals surface area contributed by atoms with Gasteiger partial charge in [0.15, 0.2) is 5.60 Å². The number of carbonyl (C=O) groups is 1. The molecule has 0 radical (unpaired) electrons. The minimum absolute atomic E-state index is 0.112. The SMILES string of the molecule is CCCN1CCC(OC(=O)CC)(c2ccccc2)C1C. The van der Waals surface area contributed by atoms with Gasteiger partial charge in [0, 0.05) is 19.4 Å². The molecule has 20 heavy (non-hydrogen) atoms. The average molecular weight is 275 g/mol. The van der Waals surface area contributed by atoms with Gasteiger partial charge in [-0.15, -0.1) is 0 Å². The topological polar surface area (TPSA) is 29.5 Å². The molecule has 0 spiro atoms. The van der Waals surface area contributed by atoms with E-state index in [1.54, 1.807) is 0 Å². The molecule has 0 saturated carbocycles. The molecule has 0 aliphatic carbocycles. The molecule has 1 saturated heterocycles. The summed E-state index contributed by atoms with van der Waals surface area (Å²) in [5, 5.41) is 0. The van der Waals surface area contributed by atoms with Gasteiger partial charge in [-0.1, -0.05) is 44.2 Å². The summed E-state index contributed by atoms with van der Waals surface area (Å²) < 4.78 is 5.94. The van der Waals surface area contributed by atoms with Crippen LogP contribution in [0.1, 0.15) is 45.6 Å². The number of ether oxygens (including phenoxy) is 1. The van der Waals surface area contributed by atoms with E-state index < -0.39 is 5.60 Å². The summed E-state index contributed by atoms with van der Waals surface area (Å²) in [5.74, 6) is -0.112. The number of nitrogens with zero attached hydrogens (tertiary/aromatic N) is 1. The zero-order valence-corrected chi connectivity index (χ0v) is 12.8. The Hall–Kier alpha value is -1.35. The van der Waals surface area contributed by atoms with Crippen LogP contribution < -0.4 is 0 Å². The third-order valence-corrected chi connectivity index (χ3v) is 4.35. The highest BCUT2D eigenvalue weighted by molar-refractivity contribution is 5.70. The minimum atomic E-state index is -0.483. The molecule has 3 nitrogen and oxygen atoms in total. The van der Waals surface area contributed by atoms with E-state index in [4.69, 9.17) is 4.74 Å². The van der Waals surface area contributed by atoms with E-state index in [1.807, 2.05) is 25.1 Å².